The maximum Gasteiger partial charge on any atom is 0.674 e. The molecule has 0 atom stereocenters. The summed E-state index contributed by atoms with van der Waals surface area (Å²) in [5.41, 5.74) is 0. The van der Waals surface area contributed by atoms with E-state index < -0.39 is 24.9 Å². The lowest BCUT2D eigenvalue weighted by atomic mass is 10.4. The third-order valence-corrected chi connectivity index (χ3v) is 11.8. The van der Waals surface area contributed by atoms with Crippen molar-refractivity contribution in [2.24, 2.45) is 0 Å². The van der Waals surface area contributed by atoms with E-state index >= 15 is 0 Å². The third-order valence-electron chi connectivity index (χ3n) is 3.54. The van der Waals surface area contributed by atoms with Crippen LogP contribution in [0, 0.1) is 0 Å². The lowest BCUT2D eigenvalue weighted by Crippen LogP contribution is -2.45. The van der Waals surface area contributed by atoms with Crippen LogP contribution in [0.25, 0.3) is 0 Å². The molecule has 22 heavy (non-hydrogen) atoms. The average Bonchev–Trinajstić information content (AvgIpc) is 2.48. The van der Waals surface area contributed by atoms with Gasteiger partial charge in [0.15, 0.2) is 0 Å². The molecular weight excluding hydrogens is 327 g/mol. The van der Waals surface area contributed by atoms with E-state index in [0.29, 0.717) is 0 Å². The third kappa shape index (κ3) is 4.44. The Hall–Kier alpha value is -1.11. The van der Waals surface area contributed by atoms with E-state index in [1.807, 2.05) is 86.9 Å². The molecule has 0 spiro atoms. The molecule has 0 aliphatic heterocycles. The molecule has 0 radical (unpaired) electrons. The Balaban J connectivity index is 2.07. The van der Waals surface area contributed by atoms with Crippen molar-refractivity contribution in [3.8, 4) is 0 Å². The Morgan fingerprint density at radius 1 is 0.682 bits per heavy atom. The number of hydrogen-bond donors (Lipinski definition) is 0. The normalized spacial score (nSPS) is 12.2. The van der Waals surface area contributed by atoms with Gasteiger partial charge in [-0.25, -0.2) is 0 Å². The highest BCUT2D eigenvalue weighted by Crippen LogP contribution is 2.33. The van der Waals surface area contributed by atoms with Gasteiger partial charge >= 0.3 is 8.25 Å². The molecule has 0 bridgehead atoms. The van der Waals surface area contributed by atoms with Crippen LogP contribution < -0.4 is 10.4 Å². The molecule has 0 saturated carbocycles. The number of rotatable bonds is 6. The van der Waals surface area contributed by atoms with Crippen LogP contribution in [-0.2, 0) is 13.0 Å². The summed E-state index contributed by atoms with van der Waals surface area (Å²) in [6.45, 7) is 8.15. The summed E-state index contributed by atoms with van der Waals surface area (Å²) in [6.07, 6.45) is 0. The zero-order valence-corrected chi connectivity index (χ0v) is 16.3. The van der Waals surface area contributed by atoms with Crippen molar-refractivity contribution in [3.05, 3.63) is 60.7 Å². The van der Waals surface area contributed by atoms with Gasteiger partial charge in [0.25, 0.3) is 16.6 Å². The first-order valence-electron chi connectivity index (χ1n) is 7.28. The number of hydrogen-bond acceptors (Lipinski definition) is 3. The van der Waals surface area contributed by atoms with Gasteiger partial charge in [-0.3, -0.25) is 0 Å². The van der Waals surface area contributed by atoms with Gasteiger partial charge in [-0.1, -0.05) is 60.7 Å². The second-order valence-corrected chi connectivity index (χ2v) is 15.3. The molecule has 0 N–H and O–H groups in total. The van der Waals surface area contributed by atoms with Crippen molar-refractivity contribution in [3.63, 3.8) is 0 Å². The SMILES string of the molecule is C[Si](C)(O[P+](=O)O[Si](C)(C)c1ccccc1)c1ccccc1. The molecule has 2 aromatic rings. The molecule has 0 unspecified atom stereocenters. The summed E-state index contributed by atoms with van der Waals surface area (Å²) in [6, 6.07) is 19.9. The van der Waals surface area contributed by atoms with Crippen LogP contribution in [-0.4, -0.2) is 16.6 Å². The predicted octanol–water partition coefficient (Wildman–Crippen LogP) is 3.90. The molecule has 2 aromatic carbocycles. The molecule has 2 rings (SSSR count). The van der Waals surface area contributed by atoms with E-state index in [4.69, 9.17) is 8.43 Å². The van der Waals surface area contributed by atoms with Gasteiger partial charge in [0.05, 0.1) is 0 Å². The summed E-state index contributed by atoms with van der Waals surface area (Å²) >= 11 is 0. The fraction of sp³-hybridized carbons (Fsp3) is 0.250. The van der Waals surface area contributed by atoms with Crippen molar-refractivity contribution in [2.45, 2.75) is 26.2 Å². The van der Waals surface area contributed by atoms with Crippen LogP contribution in [0.15, 0.2) is 60.7 Å². The molecule has 0 aliphatic rings. The zero-order valence-electron chi connectivity index (χ0n) is 13.4. The van der Waals surface area contributed by atoms with Gasteiger partial charge in [0, 0.05) is 4.57 Å². The first kappa shape index (κ1) is 17.3. The monoisotopic (exact) mass is 349 g/mol. The summed E-state index contributed by atoms with van der Waals surface area (Å²) in [5, 5.41) is 2.22. The fourth-order valence-electron chi connectivity index (χ4n) is 2.18. The summed E-state index contributed by atoms with van der Waals surface area (Å²) in [7, 11) is -6.59. The Kier molecular flexibility index (Phi) is 5.47. The second-order valence-electron chi connectivity index (χ2n) is 6.16. The Morgan fingerprint density at radius 2 is 1.00 bits per heavy atom. The average molecular weight is 349 g/mol. The molecular formula is C16H22O3PSi2+. The molecule has 0 heterocycles. The van der Waals surface area contributed by atoms with Gasteiger partial charge < -0.3 is 0 Å². The largest absolute Gasteiger partial charge is 0.674 e. The Morgan fingerprint density at radius 3 is 1.32 bits per heavy atom. The van der Waals surface area contributed by atoms with Crippen LogP contribution in [0.4, 0.5) is 0 Å². The minimum Gasteiger partial charge on any atom is -0.171 e. The standard InChI is InChI=1S/C16H22O3PSi2/c1-21(2,15-11-7-5-8-12-15)18-20(17)19-22(3,4)16-13-9-6-10-14-16/h5-14H,1-4H3/q+1. The highest BCUT2D eigenvalue weighted by molar-refractivity contribution is 7.39. The maximum atomic E-state index is 12.4. The topological polar surface area (TPSA) is 35.5 Å². The van der Waals surface area contributed by atoms with E-state index in [9.17, 15) is 4.57 Å². The molecule has 0 fully saturated rings. The molecule has 0 aliphatic carbocycles. The maximum absolute atomic E-state index is 12.4. The van der Waals surface area contributed by atoms with Crippen molar-refractivity contribution in [1.29, 1.82) is 0 Å². The summed E-state index contributed by atoms with van der Waals surface area (Å²) in [4.78, 5) is 0. The Labute approximate surface area is 135 Å². The minimum atomic E-state index is -2.23. The Bertz CT molecular complexity index is 575. The van der Waals surface area contributed by atoms with E-state index in [1.54, 1.807) is 0 Å². The van der Waals surface area contributed by atoms with E-state index in [2.05, 4.69) is 0 Å². The number of benzene rings is 2. The summed E-state index contributed by atoms with van der Waals surface area (Å²) in [5.74, 6) is 0. The van der Waals surface area contributed by atoms with E-state index in [-0.39, 0.29) is 0 Å². The first-order chi connectivity index (χ1) is 10.3. The van der Waals surface area contributed by atoms with Crippen LogP contribution in [0.2, 0.25) is 26.2 Å². The second kappa shape index (κ2) is 6.98. The molecule has 6 heteroatoms. The van der Waals surface area contributed by atoms with Crippen molar-refractivity contribution in [2.75, 3.05) is 0 Å². The molecule has 3 nitrogen and oxygen atoms in total. The zero-order chi connectivity index (χ0) is 16.2. The van der Waals surface area contributed by atoms with E-state index in [0.717, 1.165) is 10.4 Å². The fourth-order valence-corrected chi connectivity index (χ4v) is 8.48. The van der Waals surface area contributed by atoms with Gasteiger partial charge in [-0.15, -0.1) is 0 Å². The summed E-state index contributed by atoms with van der Waals surface area (Å²) < 4.78 is 24.1. The minimum absolute atomic E-state index is 1.11. The lowest BCUT2D eigenvalue weighted by Gasteiger charge is -2.18. The quantitative estimate of drug-likeness (QED) is 0.586. The first-order valence-corrected chi connectivity index (χ1v) is 14.2. The van der Waals surface area contributed by atoms with Crippen molar-refractivity contribution >= 4 is 35.3 Å². The van der Waals surface area contributed by atoms with Crippen molar-refractivity contribution < 1.29 is 13.0 Å². The lowest BCUT2D eigenvalue weighted by molar-refractivity contribution is 0.417. The smallest absolute Gasteiger partial charge is 0.171 e. The molecule has 0 aromatic heterocycles. The molecule has 0 amide bonds. The van der Waals surface area contributed by atoms with Crippen LogP contribution >= 0.6 is 8.25 Å². The molecule has 0 saturated heterocycles. The van der Waals surface area contributed by atoms with Crippen LogP contribution in [0.1, 0.15) is 0 Å². The van der Waals surface area contributed by atoms with E-state index in [1.165, 1.54) is 0 Å². The van der Waals surface area contributed by atoms with Crippen LogP contribution in [0.5, 0.6) is 0 Å². The van der Waals surface area contributed by atoms with Crippen LogP contribution in [0.3, 0.4) is 0 Å². The highest BCUT2D eigenvalue weighted by Gasteiger charge is 2.43. The van der Waals surface area contributed by atoms with Gasteiger partial charge in [0.1, 0.15) is 0 Å². The van der Waals surface area contributed by atoms with Gasteiger partial charge in [-0.05, 0) is 36.6 Å². The predicted molar refractivity (Wildman–Crippen MR) is 96.9 cm³/mol. The molecule has 116 valence electrons. The van der Waals surface area contributed by atoms with Gasteiger partial charge in [-0.2, -0.15) is 8.43 Å². The van der Waals surface area contributed by atoms with Crippen molar-refractivity contribution in [1.82, 2.24) is 0 Å². The highest BCUT2D eigenvalue weighted by atomic mass is 31.1. The van der Waals surface area contributed by atoms with Gasteiger partial charge in [0.2, 0.25) is 0 Å².